The quantitative estimate of drug-likeness (QED) is 0.183. The first-order valence-electron chi connectivity index (χ1n) is 13.4. The smallest absolute Gasteiger partial charge is 0.369 e. The Morgan fingerprint density at radius 1 is 0.952 bits per heavy atom. The van der Waals surface area contributed by atoms with Crippen LogP contribution in [0.1, 0.15) is 24.0 Å². The van der Waals surface area contributed by atoms with Gasteiger partial charge in [-0.05, 0) is 111 Å². The number of halogens is 3. The molecule has 0 amide bonds. The highest BCUT2D eigenvalue weighted by Crippen LogP contribution is 2.31. The summed E-state index contributed by atoms with van der Waals surface area (Å²) < 4.78 is 33.7. The van der Waals surface area contributed by atoms with Crippen molar-refractivity contribution < 1.29 is 13.2 Å². The molecular weight excluding hydrogens is 751 g/mol. The summed E-state index contributed by atoms with van der Waals surface area (Å²) in [6, 6.07) is 16.6. The number of fused-ring (bicyclic) bond motifs is 1. The normalized spacial score (nSPS) is 13.5. The minimum Gasteiger partial charge on any atom is -0.497 e. The van der Waals surface area contributed by atoms with E-state index in [0.717, 1.165) is 53.2 Å². The van der Waals surface area contributed by atoms with Gasteiger partial charge in [-0.3, -0.25) is 0 Å². The minimum absolute atomic E-state index is 0.221. The number of benzene rings is 3. The number of likely N-dealkylation sites (tertiary alicyclic amines) is 1. The second kappa shape index (κ2) is 15.1. The molecule has 42 heavy (non-hydrogen) atoms. The molecule has 2 N–H and O–H groups in total. The third-order valence-corrected chi connectivity index (χ3v) is 8.32. The zero-order valence-corrected chi connectivity index (χ0v) is 29.1. The zero-order valence-electron chi connectivity index (χ0n) is 23.6. The zero-order chi connectivity index (χ0) is 30.3. The number of nitrogens with zero attached hydrogens (tertiary/aromatic N) is 4. The van der Waals surface area contributed by atoms with Gasteiger partial charge in [0.15, 0.2) is 0 Å². The number of anilines is 2. The summed E-state index contributed by atoms with van der Waals surface area (Å²) in [4.78, 5) is 7.16. The highest BCUT2D eigenvalue weighted by Gasteiger charge is 2.16. The van der Waals surface area contributed by atoms with Gasteiger partial charge < -0.3 is 15.0 Å². The van der Waals surface area contributed by atoms with Crippen LogP contribution in [0.2, 0.25) is 0 Å². The molecule has 0 atom stereocenters. The number of aromatic nitrogens is 3. The van der Waals surface area contributed by atoms with Gasteiger partial charge in [-0.25, -0.2) is 18.1 Å². The van der Waals surface area contributed by atoms with Crippen LogP contribution in [-0.4, -0.2) is 65.0 Å². The predicted octanol–water partition coefficient (Wildman–Crippen LogP) is 6.59. The molecule has 1 aliphatic rings. The Hall–Kier alpha value is -2.10. The molecule has 1 saturated heterocycles. The highest BCUT2D eigenvalue weighted by molar-refractivity contribution is 9.69. The molecule has 0 spiro atoms. The van der Waals surface area contributed by atoms with Gasteiger partial charge in [0.05, 0.1) is 17.5 Å². The number of methoxy groups -OCH3 is 1. The lowest BCUT2D eigenvalue weighted by molar-refractivity contribution is 0.344. The van der Waals surface area contributed by atoms with Crippen LogP contribution in [0.4, 0.5) is 11.6 Å². The van der Waals surface area contributed by atoms with Gasteiger partial charge in [0.1, 0.15) is 11.3 Å². The van der Waals surface area contributed by atoms with Crippen molar-refractivity contribution in [3.8, 4) is 16.9 Å². The Bertz CT molecular complexity index is 1620. The molecule has 3 aromatic carbocycles. The van der Waals surface area contributed by atoms with Crippen LogP contribution in [0, 0.1) is 13.8 Å². The number of hydrogen-bond acceptors (Lipinski definition) is 8. The standard InChI is InChI=1S/C28H32N6O3S.BBr3/c1-19-6-9-23(37-3)18-25(19)21-16-20(2)27-26(17-21)32-33-28(31-27)30-22-7-10-24(11-8-22)38(35,36)29-12-15-34-13-4-5-14-34;2-1(3)4/h6-11,16-18,29H,4-5,12-15H2,1-3H3,(H,30,31,33);. The number of hydrogen-bond donors (Lipinski definition) is 2. The topological polar surface area (TPSA) is 109 Å². The van der Waals surface area contributed by atoms with Gasteiger partial charge in [-0.15, -0.1) is 57.5 Å². The summed E-state index contributed by atoms with van der Waals surface area (Å²) >= 11 is 9.31. The molecule has 2 heterocycles. The second-order valence-electron chi connectivity index (χ2n) is 9.82. The molecule has 1 aliphatic heterocycles. The lowest BCUT2D eigenvalue weighted by Gasteiger charge is -2.15. The second-order valence-corrected chi connectivity index (χ2v) is 18.0. The maximum absolute atomic E-state index is 12.7. The maximum Gasteiger partial charge on any atom is 0.369 e. The minimum atomic E-state index is -3.57. The molecule has 5 rings (SSSR count). The summed E-state index contributed by atoms with van der Waals surface area (Å²) in [7, 11) is -1.91. The van der Waals surface area contributed by atoms with Gasteiger partial charge in [0, 0.05) is 18.8 Å². The summed E-state index contributed by atoms with van der Waals surface area (Å²) in [5, 5.41) is 11.8. The molecule has 0 bridgehead atoms. The monoisotopic (exact) mass is 780 g/mol. The molecule has 0 aliphatic carbocycles. The fraction of sp³-hybridized carbons (Fsp3) is 0.321. The molecular formula is C28H32BBr3N6O3S. The lowest BCUT2D eigenvalue weighted by atomic mass is 9.98. The molecule has 1 aromatic heterocycles. The Morgan fingerprint density at radius 2 is 1.64 bits per heavy atom. The fourth-order valence-corrected chi connectivity index (χ4v) is 5.75. The van der Waals surface area contributed by atoms with E-state index in [1.807, 2.05) is 31.2 Å². The van der Waals surface area contributed by atoms with E-state index in [9.17, 15) is 8.42 Å². The fourth-order valence-electron chi connectivity index (χ4n) is 4.73. The molecule has 0 unspecified atom stereocenters. The summed E-state index contributed by atoms with van der Waals surface area (Å²) in [6.07, 6.45) is 2.36. The number of sulfonamides is 1. The average Bonchev–Trinajstić information content (AvgIpc) is 3.47. The lowest BCUT2D eigenvalue weighted by Crippen LogP contribution is -2.33. The van der Waals surface area contributed by atoms with Crippen molar-refractivity contribution in [2.45, 2.75) is 31.6 Å². The van der Waals surface area contributed by atoms with E-state index >= 15 is 0 Å². The van der Waals surface area contributed by atoms with Crippen molar-refractivity contribution in [2.24, 2.45) is 0 Å². The molecule has 1 fully saturated rings. The third kappa shape index (κ3) is 8.96. The Balaban J connectivity index is 0.000000952. The number of nitrogens with one attached hydrogen (secondary N) is 2. The van der Waals surface area contributed by atoms with E-state index in [1.54, 1.807) is 31.4 Å². The van der Waals surface area contributed by atoms with Crippen molar-refractivity contribution in [1.82, 2.24) is 24.8 Å². The van der Waals surface area contributed by atoms with E-state index in [0.29, 0.717) is 23.7 Å². The molecule has 222 valence electrons. The first-order valence-corrected chi connectivity index (χ1v) is 17.6. The van der Waals surface area contributed by atoms with Gasteiger partial charge >= 0.3 is 3.18 Å². The molecule has 0 saturated carbocycles. The Kier molecular flexibility index (Phi) is 11.8. The van der Waals surface area contributed by atoms with Crippen LogP contribution in [0.5, 0.6) is 5.75 Å². The number of rotatable bonds is 9. The van der Waals surface area contributed by atoms with Crippen LogP contribution in [0.25, 0.3) is 22.2 Å². The van der Waals surface area contributed by atoms with Crippen LogP contribution in [0.3, 0.4) is 0 Å². The number of ether oxygens (including phenoxy) is 1. The third-order valence-electron chi connectivity index (χ3n) is 6.85. The summed E-state index contributed by atoms with van der Waals surface area (Å²) in [6.45, 7) is 7.26. The Morgan fingerprint density at radius 3 is 2.31 bits per heavy atom. The van der Waals surface area contributed by atoms with Gasteiger partial charge in [-0.1, -0.05) is 6.07 Å². The van der Waals surface area contributed by atoms with Crippen LogP contribution in [0.15, 0.2) is 59.5 Å². The maximum atomic E-state index is 12.7. The molecule has 0 radical (unpaired) electrons. The van der Waals surface area contributed by atoms with Gasteiger partial charge in [-0.2, -0.15) is 0 Å². The van der Waals surface area contributed by atoms with Crippen LogP contribution >= 0.6 is 47.3 Å². The average molecular weight is 783 g/mol. The summed E-state index contributed by atoms with van der Waals surface area (Å²) in [5.74, 6) is 1.13. The van der Waals surface area contributed by atoms with Crippen LogP contribution in [-0.2, 0) is 10.0 Å². The van der Waals surface area contributed by atoms with Gasteiger partial charge in [0.2, 0.25) is 16.0 Å². The van der Waals surface area contributed by atoms with Crippen molar-refractivity contribution in [2.75, 3.05) is 38.6 Å². The largest absolute Gasteiger partial charge is 0.497 e. The SMILES string of the molecule is BrB(Br)Br.COc1ccc(C)c(-c2cc(C)c3nc(Nc4ccc(S(=O)(=O)NCCN5CCCC5)cc4)nnc3c2)c1. The number of aryl methyl sites for hydroxylation is 2. The summed E-state index contributed by atoms with van der Waals surface area (Å²) in [5.41, 5.74) is 6.30. The highest BCUT2D eigenvalue weighted by atomic mass is 79.9. The van der Waals surface area contributed by atoms with E-state index < -0.39 is 10.0 Å². The van der Waals surface area contributed by atoms with Crippen molar-refractivity contribution >= 4 is 83.1 Å². The van der Waals surface area contributed by atoms with Crippen molar-refractivity contribution in [3.05, 3.63) is 65.7 Å². The Labute approximate surface area is 272 Å². The molecule has 14 heteroatoms. The van der Waals surface area contributed by atoms with E-state index in [4.69, 9.17) is 4.74 Å². The first-order chi connectivity index (χ1) is 20.1. The predicted molar refractivity (Wildman–Crippen MR) is 182 cm³/mol. The van der Waals surface area contributed by atoms with E-state index in [1.165, 1.54) is 12.8 Å². The van der Waals surface area contributed by atoms with Crippen LogP contribution < -0.4 is 14.8 Å². The van der Waals surface area contributed by atoms with Gasteiger partial charge in [0.25, 0.3) is 0 Å². The van der Waals surface area contributed by atoms with E-state index in [2.05, 4.69) is 90.4 Å². The van der Waals surface area contributed by atoms with Crippen molar-refractivity contribution in [3.63, 3.8) is 0 Å². The van der Waals surface area contributed by atoms with Crippen molar-refractivity contribution in [1.29, 1.82) is 0 Å². The molecule has 9 nitrogen and oxygen atoms in total. The van der Waals surface area contributed by atoms with E-state index in [-0.39, 0.29) is 8.08 Å². The molecule has 4 aromatic rings. The first kappa shape index (κ1) is 32.8.